The Labute approximate surface area is 117 Å². The number of carbonyl (C=O) groups excluding carboxylic acids is 1. The third kappa shape index (κ3) is 3.07. The lowest BCUT2D eigenvalue weighted by Crippen LogP contribution is -2.13. The number of esters is 1. The number of thiophene rings is 1. The number of carbonyl (C=O) groups is 1. The molecule has 18 heavy (non-hydrogen) atoms. The minimum absolute atomic E-state index is 0.192. The highest BCUT2D eigenvalue weighted by atomic mass is 35.5. The van der Waals surface area contributed by atoms with Crippen molar-refractivity contribution in [3.05, 3.63) is 21.4 Å². The second-order valence-corrected chi connectivity index (χ2v) is 6.67. The molecule has 0 saturated heterocycles. The molecule has 0 N–H and O–H groups in total. The zero-order chi connectivity index (χ0) is 13.1. The number of alkyl halides is 1. The summed E-state index contributed by atoms with van der Waals surface area (Å²) in [7, 11) is 0. The lowest BCUT2D eigenvalue weighted by Gasteiger charge is -2.25. The fourth-order valence-electron chi connectivity index (χ4n) is 2.57. The van der Waals surface area contributed by atoms with E-state index in [4.69, 9.17) is 16.3 Å². The quantitative estimate of drug-likeness (QED) is 0.604. The van der Waals surface area contributed by atoms with E-state index < -0.39 is 0 Å². The third-order valence-corrected chi connectivity index (χ3v) is 5.01. The molecule has 0 radical (unpaired) electrons. The average molecular weight is 287 g/mol. The summed E-state index contributed by atoms with van der Waals surface area (Å²) in [5, 5.41) is 0.338. The second-order valence-electron chi connectivity index (χ2n) is 4.79. The Hall–Kier alpha value is -0.540. The van der Waals surface area contributed by atoms with Crippen molar-refractivity contribution in [2.24, 2.45) is 0 Å². The molecule has 2 rings (SSSR count). The van der Waals surface area contributed by atoms with Crippen LogP contribution in [-0.2, 0) is 4.74 Å². The highest BCUT2D eigenvalue weighted by molar-refractivity contribution is 7.14. The lowest BCUT2D eigenvalue weighted by molar-refractivity contribution is 0.0532. The molecule has 0 aliphatic heterocycles. The molecule has 0 unspecified atom stereocenters. The van der Waals surface area contributed by atoms with Gasteiger partial charge in [-0.25, -0.2) is 4.79 Å². The van der Waals surface area contributed by atoms with Gasteiger partial charge in [-0.15, -0.1) is 22.9 Å². The summed E-state index contributed by atoms with van der Waals surface area (Å²) < 4.78 is 5.05. The molecule has 0 atom stereocenters. The van der Waals surface area contributed by atoms with Gasteiger partial charge in [-0.3, -0.25) is 0 Å². The van der Waals surface area contributed by atoms with Crippen molar-refractivity contribution < 1.29 is 9.53 Å². The molecular weight excluding hydrogens is 268 g/mol. The molecular formula is C14H19ClO2S. The first-order valence-electron chi connectivity index (χ1n) is 6.53. The van der Waals surface area contributed by atoms with Gasteiger partial charge >= 0.3 is 5.97 Å². The number of rotatable bonds is 3. The number of aryl methyl sites for hydroxylation is 1. The average Bonchev–Trinajstić information content (AvgIpc) is 2.73. The van der Waals surface area contributed by atoms with Crippen LogP contribution >= 0.6 is 22.9 Å². The maximum absolute atomic E-state index is 11.7. The van der Waals surface area contributed by atoms with Crippen LogP contribution in [0.1, 0.15) is 58.6 Å². The molecule has 2 nitrogen and oxygen atoms in total. The molecule has 4 heteroatoms. The summed E-state index contributed by atoms with van der Waals surface area (Å²) in [6, 6.07) is 2.03. The zero-order valence-corrected chi connectivity index (χ0v) is 12.4. The Kier molecular flexibility index (Phi) is 4.68. The van der Waals surface area contributed by atoms with Crippen LogP contribution in [0.4, 0.5) is 0 Å². The van der Waals surface area contributed by atoms with E-state index in [1.807, 2.05) is 13.0 Å². The molecule has 1 heterocycles. The Morgan fingerprint density at radius 3 is 2.72 bits per heavy atom. The number of hydrogen-bond acceptors (Lipinski definition) is 3. The van der Waals surface area contributed by atoms with Gasteiger partial charge in [0, 0.05) is 10.3 Å². The maximum atomic E-state index is 11.7. The van der Waals surface area contributed by atoms with E-state index >= 15 is 0 Å². The van der Waals surface area contributed by atoms with E-state index in [0.717, 1.165) is 30.6 Å². The number of hydrogen-bond donors (Lipinski definition) is 0. The van der Waals surface area contributed by atoms with Gasteiger partial charge in [0.2, 0.25) is 0 Å². The standard InChI is InChI=1S/C14H19ClO2S/c1-3-17-14(16)13-8-12(9(2)18-13)10-4-6-11(15)7-5-10/h8,10-11H,3-7H2,1-2H3. The Balaban J connectivity index is 2.11. The molecule has 1 saturated carbocycles. The van der Waals surface area contributed by atoms with Crippen molar-refractivity contribution in [2.45, 2.75) is 50.8 Å². The zero-order valence-electron chi connectivity index (χ0n) is 10.9. The van der Waals surface area contributed by atoms with Gasteiger partial charge in [-0.1, -0.05) is 0 Å². The van der Waals surface area contributed by atoms with Crippen LogP contribution in [0.2, 0.25) is 0 Å². The monoisotopic (exact) mass is 286 g/mol. The molecule has 1 aliphatic rings. The normalized spacial score (nSPS) is 23.9. The van der Waals surface area contributed by atoms with Crippen molar-refractivity contribution >= 4 is 28.9 Å². The number of ether oxygens (including phenoxy) is 1. The Morgan fingerprint density at radius 1 is 1.44 bits per heavy atom. The molecule has 0 bridgehead atoms. The maximum Gasteiger partial charge on any atom is 0.348 e. The van der Waals surface area contributed by atoms with Crippen LogP contribution in [0.3, 0.4) is 0 Å². The summed E-state index contributed by atoms with van der Waals surface area (Å²) in [5.41, 5.74) is 1.33. The van der Waals surface area contributed by atoms with Crippen LogP contribution in [0.15, 0.2) is 6.07 Å². The van der Waals surface area contributed by atoms with Gasteiger partial charge in [-0.05, 0) is 57.1 Å². The topological polar surface area (TPSA) is 26.3 Å². The van der Waals surface area contributed by atoms with E-state index in [1.165, 1.54) is 10.4 Å². The highest BCUT2D eigenvalue weighted by Crippen LogP contribution is 2.39. The first kappa shape index (κ1) is 13.9. The van der Waals surface area contributed by atoms with Crippen LogP contribution < -0.4 is 0 Å². The third-order valence-electron chi connectivity index (χ3n) is 3.53. The van der Waals surface area contributed by atoms with Gasteiger partial charge in [0.15, 0.2) is 0 Å². The summed E-state index contributed by atoms with van der Waals surface area (Å²) in [5.74, 6) is 0.377. The first-order valence-corrected chi connectivity index (χ1v) is 7.78. The minimum atomic E-state index is -0.192. The molecule has 1 fully saturated rings. The SMILES string of the molecule is CCOC(=O)c1cc(C2CCC(Cl)CC2)c(C)s1. The predicted molar refractivity (Wildman–Crippen MR) is 75.9 cm³/mol. The predicted octanol–water partition coefficient (Wildman–Crippen LogP) is 4.50. The first-order chi connectivity index (χ1) is 8.61. The second kappa shape index (κ2) is 6.07. The van der Waals surface area contributed by atoms with Gasteiger partial charge in [0.05, 0.1) is 6.61 Å². The van der Waals surface area contributed by atoms with Crippen LogP contribution in [0.5, 0.6) is 0 Å². The molecule has 100 valence electrons. The van der Waals surface area contributed by atoms with Gasteiger partial charge in [0.25, 0.3) is 0 Å². The largest absolute Gasteiger partial charge is 0.462 e. The van der Waals surface area contributed by atoms with Crippen LogP contribution in [0, 0.1) is 6.92 Å². The Bertz CT molecular complexity index is 419. The molecule has 1 aliphatic carbocycles. The van der Waals surface area contributed by atoms with Gasteiger partial charge < -0.3 is 4.74 Å². The van der Waals surface area contributed by atoms with Crippen molar-refractivity contribution in [1.82, 2.24) is 0 Å². The summed E-state index contributed by atoms with van der Waals surface area (Å²) >= 11 is 7.68. The van der Waals surface area contributed by atoms with Gasteiger partial charge in [0.1, 0.15) is 4.88 Å². The van der Waals surface area contributed by atoms with E-state index in [0.29, 0.717) is 17.9 Å². The number of halogens is 1. The lowest BCUT2D eigenvalue weighted by atomic mass is 9.84. The fourth-order valence-corrected chi connectivity index (χ4v) is 3.82. The van der Waals surface area contributed by atoms with E-state index in [-0.39, 0.29) is 5.97 Å². The van der Waals surface area contributed by atoms with Crippen LogP contribution in [0.25, 0.3) is 0 Å². The fraction of sp³-hybridized carbons (Fsp3) is 0.643. The molecule has 0 spiro atoms. The summed E-state index contributed by atoms with van der Waals surface area (Å²) in [6.07, 6.45) is 4.43. The van der Waals surface area contributed by atoms with E-state index in [1.54, 1.807) is 11.3 Å². The van der Waals surface area contributed by atoms with E-state index in [9.17, 15) is 4.79 Å². The van der Waals surface area contributed by atoms with Crippen molar-refractivity contribution in [1.29, 1.82) is 0 Å². The molecule has 1 aromatic rings. The van der Waals surface area contributed by atoms with Crippen molar-refractivity contribution in [3.63, 3.8) is 0 Å². The molecule has 0 amide bonds. The smallest absolute Gasteiger partial charge is 0.348 e. The van der Waals surface area contributed by atoms with Crippen molar-refractivity contribution in [3.8, 4) is 0 Å². The van der Waals surface area contributed by atoms with Crippen molar-refractivity contribution in [2.75, 3.05) is 6.61 Å². The molecule has 0 aromatic carbocycles. The van der Waals surface area contributed by atoms with Crippen LogP contribution in [-0.4, -0.2) is 18.0 Å². The summed E-state index contributed by atoms with van der Waals surface area (Å²) in [4.78, 5) is 13.7. The minimum Gasteiger partial charge on any atom is -0.462 e. The van der Waals surface area contributed by atoms with Gasteiger partial charge in [-0.2, -0.15) is 0 Å². The highest BCUT2D eigenvalue weighted by Gasteiger charge is 2.24. The van der Waals surface area contributed by atoms with E-state index in [2.05, 4.69) is 6.92 Å². The molecule has 1 aromatic heterocycles. The summed E-state index contributed by atoms with van der Waals surface area (Å²) in [6.45, 7) is 4.36. The Morgan fingerprint density at radius 2 is 2.11 bits per heavy atom.